The van der Waals surface area contributed by atoms with Crippen LogP contribution in [0.15, 0.2) is 24.3 Å². The van der Waals surface area contributed by atoms with Gasteiger partial charge in [-0.1, -0.05) is 141 Å². The van der Waals surface area contributed by atoms with Gasteiger partial charge >= 0.3 is 19.8 Å². The summed E-state index contributed by atoms with van der Waals surface area (Å²) in [5.41, 5.74) is 5.34. The maximum atomic E-state index is 12.5. The zero-order chi connectivity index (χ0) is 37.5. The van der Waals surface area contributed by atoms with Crippen molar-refractivity contribution in [3.63, 3.8) is 0 Å². The third-order valence-electron chi connectivity index (χ3n) is 8.81. The van der Waals surface area contributed by atoms with Crippen LogP contribution < -0.4 is 5.73 Å². The molecule has 0 saturated carbocycles. The molecule has 0 amide bonds. The number of carbonyl (C=O) groups excluding carboxylic acids is 2. The third kappa shape index (κ3) is 38.0. The molecule has 300 valence electrons. The van der Waals surface area contributed by atoms with E-state index in [0.29, 0.717) is 12.8 Å². The first-order valence-electron chi connectivity index (χ1n) is 20.8. The smallest absolute Gasteiger partial charge is 0.462 e. The van der Waals surface area contributed by atoms with Crippen LogP contribution in [0.3, 0.4) is 0 Å². The summed E-state index contributed by atoms with van der Waals surface area (Å²) in [6, 6.07) is 0. The molecule has 0 fully saturated rings. The first-order chi connectivity index (χ1) is 24.8. The predicted octanol–water partition coefficient (Wildman–Crippen LogP) is 11.6. The van der Waals surface area contributed by atoms with Gasteiger partial charge in [0.25, 0.3) is 0 Å². The SMILES string of the molecule is CCCCCC/C=C/CCCCCCCCCC(=O)O[C@H](COC(=O)CCCCC/C=C/CCCCCCCCCC)COP(=O)(O)OCCN. The van der Waals surface area contributed by atoms with Gasteiger partial charge in [0.05, 0.1) is 13.2 Å². The van der Waals surface area contributed by atoms with Crippen LogP contribution in [-0.4, -0.2) is 49.3 Å². The fourth-order valence-corrected chi connectivity index (χ4v) is 6.45. The summed E-state index contributed by atoms with van der Waals surface area (Å²) >= 11 is 0. The zero-order valence-corrected chi connectivity index (χ0v) is 33.7. The van der Waals surface area contributed by atoms with Crippen molar-refractivity contribution in [3.8, 4) is 0 Å². The highest BCUT2D eigenvalue weighted by Crippen LogP contribution is 2.43. The Labute approximate surface area is 312 Å². The Morgan fingerprint density at radius 1 is 0.569 bits per heavy atom. The van der Waals surface area contributed by atoms with E-state index in [-0.39, 0.29) is 32.6 Å². The van der Waals surface area contributed by atoms with Gasteiger partial charge in [-0.15, -0.1) is 0 Å². The largest absolute Gasteiger partial charge is 0.472 e. The molecular formula is C41H78NO8P. The van der Waals surface area contributed by atoms with Crippen molar-refractivity contribution in [2.45, 2.75) is 200 Å². The van der Waals surface area contributed by atoms with Gasteiger partial charge in [-0.2, -0.15) is 0 Å². The minimum Gasteiger partial charge on any atom is -0.462 e. The summed E-state index contributed by atoms with van der Waals surface area (Å²) in [6.45, 7) is 3.70. The summed E-state index contributed by atoms with van der Waals surface area (Å²) in [6.07, 6.45) is 39.2. The van der Waals surface area contributed by atoms with E-state index in [1.165, 1.54) is 103 Å². The van der Waals surface area contributed by atoms with Crippen molar-refractivity contribution >= 4 is 19.8 Å². The lowest BCUT2D eigenvalue weighted by Crippen LogP contribution is -2.29. The molecule has 2 atom stereocenters. The van der Waals surface area contributed by atoms with Crippen molar-refractivity contribution in [1.82, 2.24) is 0 Å². The van der Waals surface area contributed by atoms with Crippen LogP contribution in [0.4, 0.5) is 0 Å². The Kier molecular flexibility index (Phi) is 37.1. The number of hydrogen-bond acceptors (Lipinski definition) is 8. The fraction of sp³-hybridized carbons (Fsp3) is 0.854. The molecule has 0 aliphatic carbocycles. The number of rotatable bonds is 39. The molecule has 0 rings (SSSR count). The second-order valence-corrected chi connectivity index (χ2v) is 15.3. The number of esters is 2. The lowest BCUT2D eigenvalue weighted by molar-refractivity contribution is -0.161. The van der Waals surface area contributed by atoms with E-state index >= 15 is 0 Å². The first kappa shape index (κ1) is 49.5. The molecule has 0 radical (unpaired) electrons. The number of carbonyl (C=O) groups is 2. The highest BCUT2D eigenvalue weighted by molar-refractivity contribution is 7.47. The van der Waals surface area contributed by atoms with E-state index in [4.69, 9.17) is 24.3 Å². The molecular weight excluding hydrogens is 665 g/mol. The van der Waals surface area contributed by atoms with Crippen molar-refractivity contribution in [2.75, 3.05) is 26.4 Å². The van der Waals surface area contributed by atoms with Gasteiger partial charge in [-0.3, -0.25) is 18.6 Å². The molecule has 0 aliphatic heterocycles. The molecule has 0 aromatic heterocycles. The van der Waals surface area contributed by atoms with Gasteiger partial charge in [0.1, 0.15) is 6.61 Å². The van der Waals surface area contributed by atoms with Gasteiger partial charge in [-0.25, -0.2) is 4.57 Å². The zero-order valence-electron chi connectivity index (χ0n) is 32.8. The maximum Gasteiger partial charge on any atom is 0.472 e. The molecule has 1 unspecified atom stereocenters. The summed E-state index contributed by atoms with van der Waals surface area (Å²) in [4.78, 5) is 34.8. The Morgan fingerprint density at radius 2 is 0.961 bits per heavy atom. The molecule has 0 spiro atoms. The minimum atomic E-state index is -4.37. The fourth-order valence-electron chi connectivity index (χ4n) is 5.68. The molecule has 0 aromatic carbocycles. The molecule has 0 heterocycles. The van der Waals surface area contributed by atoms with Crippen molar-refractivity contribution in [1.29, 1.82) is 0 Å². The normalized spacial score (nSPS) is 13.6. The molecule has 9 nitrogen and oxygen atoms in total. The Hall–Kier alpha value is -1.51. The monoisotopic (exact) mass is 744 g/mol. The summed E-state index contributed by atoms with van der Waals surface area (Å²) < 4.78 is 32.7. The molecule has 51 heavy (non-hydrogen) atoms. The number of phosphoric acid groups is 1. The van der Waals surface area contributed by atoms with Gasteiger partial charge < -0.3 is 20.1 Å². The van der Waals surface area contributed by atoms with E-state index in [2.05, 4.69) is 38.2 Å². The average molecular weight is 744 g/mol. The molecule has 0 aliphatic rings. The van der Waals surface area contributed by atoms with Gasteiger partial charge in [-0.05, 0) is 64.2 Å². The number of nitrogens with two attached hydrogens (primary N) is 1. The molecule has 3 N–H and O–H groups in total. The number of phosphoric ester groups is 1. The lowest BCUT2D eigenvalue weighted by atomic mass is 10.1. The van der Waals surface area contributed by atoms with Crippen LogP contribution in [0.5, 0.6) is 0 Å². The highest BCUT2D eigenvalue weighted by Gasteiger charge is 2.26. The Morgan fingerprint density at radius 3 is 1.43 bits per heavy atom. The number of hydrogen-bond donors (Lipinski definition) is 2. The first-order valence-corrected chi connectivity index (χ1v) is 22.3. The predicted molar refractivity (Wildman–Crippen MR) is 211 cm³/mol. The van der Waals surface area contributed by atoms with Crippen LogP contribution >= 0.6 is 7.82 Å². The average Bonchev–Trinajstić information content (AvgIpc) is 3.11. The van der Waals surface area contributed by atoms with Crippen molar-refractivity contribution in [2.24, 2.45) is 5.73 Å². The molecule has 0 aromatic rings. The van der Waals surface area contributed by atoms with Crippen molar-refractivity contribution in [3.05, 3.63) is 24.3 Å². The third-order valence-corrected chi connectivity index (χ3v) is 9.79. The molecule has 0 saturated heterocycles. The van der Waals surface area contributed by atoms with Crippen molar-refractivity contribution < 1.29 is 37.6 Å². The Bertz CT molecular complexity index is 897. The maximum absolute atomic E-state index is 12.5. The summed E-state index contributed by atoms with van der Waals surface area (Å²) in [5.74, 6) is -0.849. The lowest BCUT2D eigenvalue weighted by Gasteiger charge is -2.19. The standard InChI is InChI=1S/C41H78NO8P/c1-3-5-7-9-11-13-15-17-19-21-23-25-27-29-31-33-40(43)47-37-39(38-49-51(45,46)48-36-35-42)50-41(44)34-32-30-28-26-24-22-20-18-16-14-12-10-8-6-4-2/h14,16,21,23,39H,3-13,15,17-20,22,24-38,42H2,1-2H3,(H,45,46)/b16-14+,23-21+/t39-/m1/s1. The topological polar surface area (TPSA) is 134 Å². The van der Waals surface area contributed by atoms with E-state index in [1.54, 1.807) is 0 Å². The molecule has 0 bridgehead atoms. The van der Waals surface area contributed by atoms with E-state index in [1.807, 2.05) is 0 Å². The van der Waals surface area contributed by atoms with Crippen LogP contribution in [0.2, 0.25) is 0 Å². The number of allylic oxidation sites excluding steroid dienone is 4. The van der Waals surface area contributed by atoms with Crippen LogP contribution in [0, 0.1) is 0 Å². The second kappa shape index (κ2) is 38.2. The number of ether oxygens (including phenoxy) is 2. The second-order valence-electron chi connectivity index (χ2n) is 13.8. The minimum absolute atomic E-state index is 0.0517. The Balaban J connectivity index is 4.20. The van der Waals surface area contributed by atoms with Crippen LogP contribution in [0.1, 0.15) is 194 Å². The molecule has 10 heteroatoms. The summed E-state index contributed by atoms with van der Waals surface area (Å²) in [7, 11) is -4.37. The highest BCUT2D eigenvalue weighted by atomic mass is 31.2. The van der Waals surface area contributed by atoms with E-state index in [0.717, 1.165) is 51.4 Å². The van der Waals surface area contributed by atoms with E-state index in [9.17, 15) is 19.0 Å². The quantitative estimate of drug-likeness (QED) is 0.0273. The van der Waals surface area contributed by atoms with Gasteiger partial charge in [0.15, 0.2) is 6.10 Å². The van der Waals surface area contributed by atoms with Gasteiger partial charge in [0, 0.05) is 19.4 Å². The van der Waals surface area contributed by atoms with Crippen LogP contribution in [0.25, 0.3) is 0 Å². The van der Waals surface area contributed by atoms with Gasteiger partial charge in [0.2, 0.25) is 0 Å². The summed E-state index contributed by atoms with van der Waals surface area (Å²) in [5, 5.41) is 0. The van der Waals surface area contributed by atoms with Crippen LogP contribution in [-0.2, 0) is 32.7 Å². The van der Waals surface area contributed by atoms with E-state index < -0.39 is 32.5 Å². The number of unbranched alkanes of at least 4 members (excludes halogenated alkanes) is 22.